The van der Waals surface area contributed by atoms with Gasteiger partial charge in [-0.2, -0.15) is 0 Å². The first-order chi connectivity index (χ1) is 5.29. The lowest BCUT2D eigenvalue weighted by Crippen LogP contribution is -2.19. The van der Waals surface area contributed by atoms with Crippen molar-refractivity contribution in [2.75, 3.05) is 13.9 Å². The van der Waals surface area contributed by atoms with Gasteiger partial charge in [0.1, 0.15) is 19.0 Å². The van der Waals surface area contributed by atoms with Crippen LogP contribution in [0.1, 0.15) is 6.92 Å². The summed E-state index contributed by atoms with van der Waals surface area (Å²) >= 11 is 0. The highest BCUT2D eigenvalue weighted by molar-refractivity contribution is 5.60. The molecule has 1 heterocycles. The summed E-state index contributed by atoms with van der Waals surface area (Å²) in [5, 5.41) is 0. The van der Waals surface area contributed by atoms with Crippen molar-refractivity contribution in [3.63, 3.8) is 0 Å². The van der Waals surface area contributed by atoms with Gasteiger partial charge in [0, 0.05) is 7.11 Å². The average molecular weight is 160 g/mol. The molecule has 1 fully saturated rings. The maximum absolute atomic E-state index is 10.1. The van der Waals surface area contributed by atoms with Crippen molar-refractivity contribution in [3.05, 3.63) is 0 Å². The summed E-state index contributed by atoms with van der Waals surface area (Å²) in [6.45, 7) is 2.10. The van der Waals surface area contributed by atoms with Crippen LogP contribution in [0.15, 0.2) is 0 Å². The van der Waals surface area contributed by atoms with Gasteiger partial charge in [-0.25, -0.2) is 0 Å². The van der Waals surface area contributed by atoms with Gasteiger partial charge in [0.25, 0.3) is 0 Å². The zero-order chi connectivity index (χ0) is 8.27. The number of ether oxygens (including phenoxy) is 3. The molecule has 0 aromatic heterocycles. The molecule has 0 aromatic rings. The second kappa shape index (κ2) is 3.80. The Morgan fingerprint density at radius 3 is 2.91 bits per heavy atom. The van der Waals surface area contributed by atoms with Crippen molar-refractivity contribution in [1.29, 1.82) is 0 Å². The number of carbonyl (C=O) groups is 1. The minimum atomic E-state index is -0.262. The standard InChI is InChI=1S/C7H12O4/c1-5(10-4-9-2)7-6(3-8)11-7/h3,5-7H,4H2,1-2H3/t5-,6-,7+/m0/s1. The molecule has 4 heteroatoms. The Kier molecular flexibility index (Phi) is 2.99. The van der Waals surface area contributed by atoms with Crippen molar-refractivity contribution in [3.8, 4) is 0 Å². The molecular weight excluding hydrogens is 148 g/mol. The van der Waals surface area contributed by atoms with Gasteiger partial charge in [0.05, 0.1) is 6.10 Å². The quantitative estimate of drug-likeness (QED) is 0.322. The van der Waals surface area contributed by atoms with Crippen LogP contribution in [0.3, 0.4) is 0 Å². The fourth-order valence-corrected chi connectivity index (χ4v) is 0.894. The van der Waals surface area contributed by atoms with Gasteiger partial charge in [-0.15, -0.1) is 0 Å². The van der Waals surface area contributed by atoms with Crippen molar-refractivity contribution in [2.24, 2.45) is 0 Å². The lowest BCUT2D eigenvalue weighted by molar-refractivity contribution is -0.109. The smallest absolute Gasteiger partial charge is 0.151 e. The Morgan fingerprint density at radius 2 is 2.45 bits per heavy atom. The Labute approximate surface area is 65.4 Å². The summed E-state index contributed by atoms with van der Waals surface area (Å²) in [5.74, 6) is 0. The Bertz CT molecular complexity index is 136. The molecule has 4 nitrogen and oxygen atoms in total. The summed E-state index contributed by atoms with van der Waals surface area (Å²) in [4.78, 5) is 10.1. The maximum Gasteiger partial charge on any atom is 0.151 e. The van der Waals surface area contributed by atoms with Crippen LogP contribution in [-0.4, -0.2) is 38.5 Å². The van der Waals surface area contributed by atoms with E-state index in [2.05, 4.69) is 0 Å². The van der Waals surface area contributed by atoms with Gasteiger partial charge in [0.2, 0.25) is 0 Å². The topological polar surface area (TPSA) is 48.1 Å². The van der Waals surface area contributed by atoms with Crippen LogP contribution in [-0.2, 0) is 19.0 Å². The van der Waals surface area contributed by atoms with Gasteiger partial charge < -0.3 is 19.0 Å². The molecule has 1 saturated heterocycles. The van der Waals surface area contributed by atoms with E-state index in [1.54, 1.807) is 7.11 Å². The molecule has 0 aliphatic carbocycles. The largest absolute Gasteiger partial charge is 0.359 e. The fraction of sp³-hybridized carbons (Fsp3) is 0.857. The van der Waals surface area contributed by atoms with Gasteiger partial charge in [-0.05, 0) is 6.92 Å². The predicted molar refractivity (Wildman–Crippen MR) is 37.1 cm³/mol. The van der Waals surface area contributed by atoms with Crippen LogP contribution in [0, 0.1) is 0 Å². The third-order valence-corrected chi connectivity index (χ3v) is 1.61. The summed E-state index contributed by atoms with van der Waals surface area (Å²) in [7, 11) is 1.55. The van der Waals surface area contributed by atoms with E-state index in [1.165, 1.54) is 0 Å². The molecule has 0 bridgehead atoms. The molecule has 0 spiro atoms. The number of methoxy groups -OCH3 is 1. The average Bonchev–Trinajstić information content (AvgIpc) is 2.78. The summed E-state index contributed by atoms with van der Waals surface area (Å²) < 4.78 is 14.8. The number of aldehydes is 1. The van der Waals surface area contributed by atoms with Crippen LogP contribution in [0.5, 0.6) is 0 Å². The number of epoxide rings is 1. The fourth-order valence-electron chi connectivity index (χ4n) is 0.894. The molecule has 0 amide bonds. The summed E-state index contributed by atoms with van der Waals surface area (Å²) in [6.07, 6.45) is 0.395. The molecule has 64 valence electrons. The minimum absolute atomic E-state index is 0.0647. The van der Waals surface area contributed by atoms with Crippen LogP contribution in [0.25, 0.3) is 0 Å². The van der Waals surface area contributed by atoms with Gasteiger partial charge in [0.15, 0.2) is 6.29 Å². The van der Waals surface area contributed by atoms with Crippen LogP contribution in [0.4, 0.5) is 0 Å². The third-order valence-electron chi connectivity index (χ3n) is 1.61. The first-order valence-electron chi connectivity index (χ1n) is 3.51. The molecular formula is C7H12O4. The second-order valence-corrected chi connectivity index (χ2v) is 2.48. The zero-order valence-corrected chi connectivity index (χ0v) is 6.65. The lowest BCUT2D eigenvalue weighted by Gasteiger charge is -2.07. The van der Waals surface area contributed by atoms with Gasteiger partial charge in [-0.3, -0.25) is 0 Å². The number of rotatable bonds is 5. The summed E-state index contributed by atoms with van der Waals surface area (Å²) in [5.41, 5.74) is 0. The van der Waals surface area contributed by atoms with E-state index in [-0.39, 0.29) is 25.1 Å². The van der Waals surface area contributed by atoms with Crippen LogP contribution >= 0.6 is 0 Å². The van der Waals surface area contributed by atoms with E-state index in [0.29, 0.717) is 0 Å². The molecule has 0 saturated carbocycles. The van der Waals surface area contributed by atoms with E-state index in [1.807, 2.05) is 6.92 Å². The predicted octanol–water partition coefficient (Wildman–Crippen LogP) is -0.0383. The molecule has 0 unspecified atom stereocenters. The first kappa shape index (κ1) is 8.64. The zero-order valence-electron chi connectivity index (χ0n) is 6.65. The Balaban J connectivity index is 2.11. The second-order valence-electron chi connectivity index (χ2n) is 2.48. The molecule has 1 aliphatic heterocycles. The molecule has 1 aliphatic rings. The van der Waals surface area contributed by atoms with E-state index >= 15 is 0 Å². The Hall–Kier alpha value is -0.450. The minimum Gasteiger partial charge on any atom is -0.359 e. The van der Waals surface area contributed by atoms with Crippen molar-refractivity contribution in [2.45, 2.75) is 25.2 Å². The SMILES string of the molecule is COCO[C@@H](C)[C@H]1O[C@H]1C=O. The van der Waals surface area contributed by atoms with Crippen molar-refractivity contribution in [1.82, 2.24) is 0 Å². The molecule has 11 heavy (non-hydrogen) atoms. The highest BCUT2D eigenvalue weighted by atomic mass is 16.7. The molecule has 1 rings (SSSR count). The number of carbonyl (C=O) groups excluding carboxylic acids is 1. The van der Waals surface area contributed by atoms with E-state index in [0.717, 1.165) is 6.29 Å². The van der Waals surface area contributed by atoms with E-state index in [9.17, 15) is 4.79 Å². The Morgan fingerprint density at radius 1 is 1.73 bits per heavy atom. The van der Waals surface area contributed by atoms with Crippen LogP contribution in [0.2, 0.25) is 0 Å². The normalized spacial score (nSPS) is 31.5. The number of hydrogen-bond donors (Lipinski definition) is 0. The molecule has 3 atom stereocenters. The number of hydrogen-bond acceptors (Lipinski definition) is 4. The van der Waals surface area contributed by atoms with Crippen LogP contribution < -0.4 is 0 Å². The van der Waals surface area contributed by atoms with Crippen molar-refractivity contribution >= 4 is 6.29 Å². The maximum atomic E-state index is 10.1. The molecule has 0 radical (unpaired) electrons. The third kappa shape index (κ3) is 2.25. The molecule has 0 N–H and O–H groups in total. The van der Waals surface area contributed by atoms with E-state index < -0.39 is 0 Å². The highest BCUT2D eigenvalue weighted by Gasteiger charge is 2.43. The van der Waals surface area contributed by atoms with Crippen molar-refractivity contribution < 1.29 is 19.0 Å². The highest BCUT2D eigenvalue weighted by Crippen LogP contribution is 2.24. The summed E-state index contributed by atoms with van der Waals surface area (Å²) in [6, 6.07) is 0. The lowest BCUT2D eigenvalue weighted by atomic mass is 10.2. The van der Waals surface area contributed by atoms with Gasteiger partial charge >= 0.3 is 0 Å². The molecule has 0 aromatic carbocycles. The monoisotopic (exact) mass is 160 g/mol. The first-order valence-corrected chi connectivity index (χ1v) is 3.51. The van der Waals surface area contributed by atoms with E-state index in [4.69, 9.17) is 14.2 Å². The van der Waals surface area contributed by atoms with Gasteiger partial charge in [-0.1, -0.05) is 0 Å².